The lowest BCUT2D eigenvalue weighted by Gasteiger charge is -2.15. The first kappa shape index (κ1) is 24.6. The Balaban J connectivity index is 1.48. The molecule has 0 aliphatic heterocycles. The molecule has 5 rings (SSSR count). The lowest BCUT2D eigenvalue weighted by molar-refractivity contribution is 0.0986. The number of benzene rings is 1. The second-order valence-corrected chi connectivity index (χ2v) is 10.3. The van der Waals surface area contributed by atoms with Crippen LogP contribution in [-0.2, 0) is 6.42 Å². The number of hydrogen-bond donors (Lipinski definition) is 0. The number of anilines is 1. The molecule has 1 aromatic carbocycles. The Morgan fingerprint density at radius 2 is 1.95 bits per heavy atom. The molecular weight excluding hydrogens is 508 g/mol. The number of carbonyl (C=O) groups is 1. The molecule has 0 aliphatic carbocycles. The summed E-state index contributed by atoms with van der Waals surface area (Å²) in [7, 11) is 3.87. The van der Waals surface area contributed by atoms with Crippen molar-refractivity contribution >= 4 is 34.5 Å². The molecule has 37 heavy (non-hydrogen) atoms. The Morgan fingerprint density at radius 1 is 1.08 bits per heavy atom. The maximum absolute atomic E-state index is 12.5. The number of rotatable bonds is 8. The number of carbonyl (C=O) groups excluding carboxylic acids is 1. The molecule has 0 fully saturated rings. The molecule has 4 heterocycles. The van der Waals surface area contributed by atoms with E-state index in [-0.39, 0.29) is 11.3 Å². The van der Waals surface area contributed by atoms with Gasteiger partial charge in [-0.2, -0.15) is 0 Å². The lowest BCUT2D eigenvalue weighted by atomic mass is 10.0. The van der Waals surface area contributed by atoms with E-state index in [2.05, 4.69) is 15.3 Å². The summed E-state index contributed by atoms with van der Waals surface area (Å²) >= 11 is 7.23. The van der Waals surface area contributed by atoms with Crippen molar-refractivity contribution in [3.8, 4) is 22.5 Å². The minimum atomic E-state index is -0.123. The first-order valence-corrected chi connectivity index (χ1v) is 12.7. The van der Waals surface area contributed by atoms with Gasteiger partial charge < -0.3 is 4.90 Å². The lowest BCUT2D eigenvalue weighted by Crippen LogP contribution is -2.15. The largest absolute Gasteiger partial charge is 0.363 e. The maximum atomic E-state index is 12.5. The van der Waals surface area contributed by atoms with Crippen LogP contribution < -0.4 is 10.5 Å². The molecule has 4 aromatic heterocycles. The zero-order valence-corrected chi connectivity index (χ0v) is 21.8. The third kappa shape index (κ3) is 5.37. The summed E-state index contributed by atoms with van der Waals surface area (Å²) in [6.45, 7) is 0. The van der Waals surface area contributed by atoms with Crippen molar-refractivity contribution in [1.82, 2.24) is 24.5 Å². The Labute approximate surface area is 222 Å². The van der Waals surface area contributed by atoms with Crippen molar-refractivity contribution in [2.24, 2.45) is 0 Å². The number of Topliss-reactive ketones (excluding diaryl/α,β-unsaturated/α-hetero) is 1. The van der Waals surface area contributed by atoms with Gasteiger partial charge in [0.15, 0.2) is 5.78 Å². The van der Waals surface area contributed by atoms with Crippen LogP contribution in [0.1, 0.15) is 21.8 Å². The Kier molecular flexibility index (Phi) is 6.98. The van der Waals surface area contributed by atoms with Crippen LogP contribution >= 0.6 is 22.9 Å². The first-order chi connectivity index (χ1) is 17.9. The summed E-state index contributed by atoms with van der Waals surface area (Å²) in [6.07, 6.45) is 6.13. The Morgan fingerprint density at radius 3 is 2.65 bits per heavy atom. The van der Waals surface area contributed by atoms with Gasteiger partial charge in [-0.25, -0.2) is 9.67 Å². The molecular formula is C27H23ClN6O2S. The van der Waals surface area contributed by atoms with Crippen LogP contribution in [0, 0.1) is 0 Å². The van der Waals surface area contributed by atoms with Crippen LogP contribution in [0.2, 0.25) is 4.34 Å². The van der Waals surface area contributed by atoms with Gasteiger partial charge >= 0.3 is 0 Å². The van der Waals surface area contributed by atoms with Crippen LogP contribution in [0.15, 0.2) is 84.0 Å². The zero-order valence-electron chi connectivity index (χ0n) is 20.2. The minimum Gasteiger partial charge on any atom is -0.363 e. The molecule has 8 nitrogen and oxygen atoms in total. The number of hydrogen-bond acceptors (Lipinski definition) is 7. The number of aromatic nitrogens is 5. The number of aryl methyl sites for hydroxylation is 1. The fourth-order valence-electron chi connectivity index (χ4n) is 3.92. The minimum absolute atomic E-state index is 0.0249. The molecule has 0 N–H and O–H groups in total. The van der Waals surface area contributed by atoms with E-state index < -0.39 is 0 Å². The van der Waals surface area contributed by atoms with E-state index >= 15 is 0 Å². The third-order valence-corrected chi connectivity index (χ3v) is 7.11. The molecule has 186 valence electrons. The number of pyridine rings is 2. The van der Waals surface area contributed by atoms with E-state index in [1.807, 2.05) is 61.6 Å². The quantitative estimate of drug-likeness (QED) is 0.260. The van der Waals surface area contributed by atoms with Crippen molar-refractivity contribution in [2.75, 3.05) is 19.0 Å². The standard InChI is InChI=1S/C27H23ClN6O2S/c1-32(2)26-13-6-18(16-29-26)21-15-20(33-14-4-3-5-27(33)36)8-9-22(21)34-17-19(30-31-34)7-10-23(35)24-11-12-25(28)37-24/h3-6,8-9,11-17H,7,10H2,1-2H3. The fraction of sp³-hybridized carbons (Fsp3) is 0.148. The van der Waals surface area contributed by atoms with Crippen LogP contribution in [0.4, 0.5) is 5.82 Å². The van der Waals surface area contributed by atoms with Crippen molar-refractivity contribution in [2.45, 2.75) is 12.8 Å². The van der Waals surface area contributed by atoms with Crippen LogP contribution in [0.5, 0.6) is 0 Å². The third-order valence-electron chi connectivity index (χ3n) is 5.84. The molecule has 0 atom stereocenters. The average molecular weight is 531 g/mol. The summed E-state index contributed by atoms with van der Waals surface area (Å²) in [4.78, 5) is 32.1. The van der Waals surface area contributed by atoms with Gasteiger partial charge in [-0.05, 0) is 48.5 Å². The fourth-order valence-corrected chi connectivity index (χ4v) is 4.93. The summed E-state index contributed by atoms with van der Waals surface area (Å²) < 4.78 is 3.87. The van der Waals surface area contributed by atoms with Gasteiger partial charge in [0.2, 0.25) is 0 Å². The molecule has 0 bridgehead atoms. The highest BCUT2D eigenvalue weighted by Gasteiger charge is 2.15. The second-order valence-electron chi connectivity index (χ2n) is 8.59. The summed E-state index contributed by atoms with van der Waals surface area (Å²) in [5.74, 6) is 0.859. The van der Waals surface area contributed by atoms with Gasteiger partial charge in [0, 0.05) is 62.2 Å². The van der Waals surface area contributed by atoms with E-state index in [1.54, 1.807) is 39.8 Å². The highest BCUT2D eigenvalue weighted by molar-refractivity contribution is 7.18. The van der Waals surface area contributed by atoms with Crippen molar-refractivity contribution < 1.29 is 4.79 Å². The number of ketones is 1. The molecule has 0 radical (unpaired) electrons. The van der Waals surface area contributed by atoms with Gasteiger partial charge in [0.1, 0.15) is 5.82 Å². The van der Waals surface area contributed by atoms with Gasteiger partial charge in [-0.3, -0.25) is 14.2 Å². The molecule has 0 unspecified atom stereocenters. The molecule has 0 aliphatic rings. The predicted molar refractivity (Wildman–Crippen MR) is 146 cm³/mol. The van der Waals surface area contributed by atoms with Crippen LogP contribution in [0.25, 0.3) is 22.5 Å². The van der Waals surface area contributed by atoms with Crippen LogP contribution in [-0.4, -0.2) is 44.4 Å². The van der Waals surface area contributed by atoms with Crippen LogP contribution in [0.3, 0.4) is 0 Å². The van der Waals surface area contributed by atoms with Crippen molar-refractivity contribution in [3.05, 3.63) is 105 Å². The number of halogens is 1. The Bertz CT molecular complexity index is 1620. The van der Waals surface area contributed by atoms with Crippen molar-refractivity contribution in [3.63, 3.8) is 0 Å². The van der Waals surface area contributed by atoms with E-state index in [4.69, 9.17) is 11.6 Å². The molecule has 0 saturated heterocycles. The summed E-state index contributed by atoms with van der Waals surface area (Å²) in [5, 5.41) is 8.62. The Hall–Kier alpha value is -4.08. The highest BCUT2D eigenvalue weighted by atomic mass is 35.5. The molecule has 0 saturated carbocycles. The topological polar surface area (TPSA) is 85.9 Å². The zero-order chi connectivity index (χ0) is 25.9. The molecule has 0 spiro atoms. The predicted octanol–water partition coefficient (Wildman–Crippen LogP) is 5.08. The maximum Gasteiger partial charge on any atom is 0.255 e. The first-order valence-electron chi connectivity index (χ1n) is 11.5. The SMILES string of the molecule is CN(C)c1ccc(-c2cc(-n3ccccc3=O)ccc2-n2cc(CCC(=O)c3ccc(Cl)s3)nn2)cn1. The van der Waals surface area contributed by atoms with E-state index in [0.717, 1.165) is 28.3 Å². The van der Waals surface area contributed by atoms with Crippen molar-refractivity contribution in [1.29, 1.82) is 0 Å². The van der Waals surface area contributed by atoms with Gasteiger partial charge in [0.25, 0.3) is 5.56 Å². The number of nitrogens with zero attached hydrogens (tertiary/aromatic N) is 6. The summed E-state index contributed by atoms with van der Waals surface area (Å²) in [6, 6.07) is 18.2. The highest BCUT2D eigenvalue weighted by Crippen LogP contribution is 2.29. The second kappa shape index (κ2) is 10.5. The average Bonchev–Trinajstić information content (AvgIpc) is 3.56. The molecule has 5 aromatic rings. The summed E-state index contributed by atoms with van der Waals surface area (Å²) in [5.41, 5.74) is 3.79. The van der Waals surface area contributed by atoms with E-state index in [0.29, 0.717) is 27.7 Å². The van der Waals surface area contributed by atoms with E-state index in [9.17, 15) is 9.59 Å². The molecule has 0 amide bonds. The smallest absolute Gasteiger partial charge is 0.255 e. The monoisotopic (exact) mass is 530 g/mol. The van der Waals surface area contributed by atoms with Gasteiger partial charge in [0.05, 0.1) is 26.8 Å². The van der Waals surface area contributed by atoms with E-state index in [1.165, 1.54) is 17.4 Å². The normalized spacial score (nSPS) is 11.0. The number of thiophene rings is 1. The van der Waals surface area contributed by atoms with Gasteiger partial charge in [-0.15, -0.1) is 16.4 Å². The molecule has 10 heteroatoms. The van der Waals surface area contributed by atoms with Gasteiger partial charge in [-0.1, -0.05) is 22.9 Å².